The lowest BCUT2D eigenvalue weighted by atomic mass is 10.2. The molecule has 21 heavy (non-hydrogen) atoms. The van der Waals surface area contributed by atoms with Gasteiger partial charge in [-0.05, 0) is 12.1 Å². The van der Waals surface area contributed by atoms with Crippen LogP contribution in [0.3, 0.4) is 0 Å². The fourth-order valence-electron chi connectivity index (χ4n) is 1.51. The lowest BCUT2D eigenvalue weighted by molar-refractivity contribution is 0.102. The first-order valence-corrected chi connectivity index (χ1v) is 5.89. The van der Waals surface area contributed by atoms with E-state index in [1.54, 1.807) is 0 Å². The Balaban J connectivity index is 2.34. The van der Waals surface area contributed by atoms with Crippen molar-refractivity contribution in [2.24, 2.45) is 5.84 Å². The van der Waals surface area contributed by atoms with Gasteiger partial charge in [0.15, 0.2) is 11.6 Å². The Morgan fingerprint density at radius 1 is 1.24 bits per heavy atom. The Kier molecular flexibility index (Phi) is 4.29. The summed E-state index contributed by atoms with van der Waals surface area (Å²) in [5.74, 6) is 0.466. The maximum Gasteiger partial charge on any atom is 0.275 e. The molecule has 0 atom stereocenters. The van der Waals surface area contributed by atoms with Gasteiger partial charge >= 0.3 is 0 Å². The van der Waals surface area contributed by atoms with Gasteiger partial charge in [-0.3, -0.25) is 4.79 Å². The van der Waals surface area contributed by atoms with Gasteiger partial charge in [0.25, 0.3) is 5.91 Å². The standard InChI is InChI=1S/C12H8ClF3N4O/c13-6-1-2-9(20-17)19-11(6)12(21)18-8-4-5(14)3-7(15)10(8)16/h1-4H,17H2,(H,18,21)(H,19,20). The number of hydrogen-bond donors (Lipinski definition) is 3. The van der Waals surface area contributed by atoms with Crippen molar-refractivity contribution in [1.82, 2.24) is 4.98 Å². The number of amides is 1. The van der Waals surface area contributed by atoms with Crippen LogP contribution in [-0.4, -0.2) is 10.9 Å². The molecule has 4 N–H and O–H groups in total. The SMILES string of the molecule is NNc1ccc(Cl)c(C(=O)Nc2cc(F)cc(F)c2F)n1. The minimum Gasteiger partial charge on any atom is -0.318 e. The van der Waals surface area contributed by atoms with E-state index >= 15 is 0 Å². The molecule has 0 spiro atoms. The number of hydrogen-bond acceptors (Lipinski definition) is 4. The molecule has 0 bridgehead atoms. The second-order valence-electron chi connectivity index (χ2n) is 3.87. The van der Waals surface area contributed by atoms with Gasteiger partial charge in [0, 0.05) is 12.1 Å². The molecule has 0 radical (unpaired) electrons. The highest BCUT2D eigenvalue weighted by Gasteiger charge is 2.18. The number of halogens is 4. The molecular weight excluding hydrogens is 309 g/mol. The first kappa shape index (κ1) is 15.1. The normalized spacial score (nSPS) is 10.3. The van der Waals surface area contributed by atoms with Crippen molar-refractivity contribution in [3.63, 3.8) is 0 Å². The van der Waals surface area contributed by atoms with Crippen LogP contribution in [0.25, 0.3) is 0 Å². The van der Waals surface area contributed by atoms with Crippen molar-refractivity contribution in [2.75, 3.05) is 10.7 Å². The summed E-state index contributed by atoms with van der Waals surface area (Å²) in [6, 6.07) is 3.73. The van der Waals surface area contributed by atoms with E-state index in [1.165, 1.54) is 12.1 Å². The predicted molar refractivity (Wildman–Crippen MR) is 71.3 cm³/mol. The minimum absolute atomic E-state index is 0.0382. The van der Waals surface area contributed by atoms with Crippen LogP contribution in [0.4, 0.5) is 24.7 Å². The van der Waals surface area contributed by atoms with Crippen LogP contribution < -0.4 is 16.6 Å². The molecule has 0 saturated heterocycles. The number of anilines is 2. The Bertz CT molecular complexity index is 711. The number of aromatic nitrogens is 1. The second kappa shape index (κ2) is 5.98. The first-order chi connectivity index (χ1) is 9.92. The van der Waals surface area contributed by atoms with Crippen LogP contribution in [0.5, 0.6) is 0 Å². The highest BCUT2D eigenvalue weighted by atomic mass is 35.5. The number of nitrogens with two attached hydrogens (primary N) is 1. The van der Waals surface area contributed by atoms with Crippen molar-refractivity contribution in [3.05, 3.63) is 52.4 Å². The zero-order valence-corrected chi connectivity index (χ0v) is 11.0. The van der Waals surface area contributed by atoms with E-state index < -0.39 is 29.0 Å². The molecule has 9 heteroatoms. The van der Waals surface area contributed by atoms with Crippen LogP contribution in [0, 0.1) is 17.5 Å². The molecule has 0 aliphatic heterocycles. The average Bonchev–Trinajstić information content (AvgIpc) is 2.44. The summed E-state index contributed by atoms with van der Waals surface area (Å²) in [5.41, 5.74) is 1.25. The predicted octanol–water partition coefficient (Wildman–Crippen LogP) is 2.69. The van der Waals surface area contributed by atoms with E-state index in [2.05, 4.69) is 10.4 Å². The number of rotatable bonds is 3. The molecule has 0 aliphatic rings. The average molecular weight is 317 g/mol. The second-order valence-corrected chi connectivity index (χ2v) is 4.28. The van der Waals surface area contributed by atoms with E-state index in [0.29, 0.717) is 12.1 Å². The van der Waals surface area contributed by atoms with Gasteiger partial charge in [-0.15, -0.1) is 0 Å². The third-order valence-electron chi connectivity index (χ3n) is 2.45. The molecule has 2 aromatic rings. The third-order valence-corrected chi connectivity index (χ3v) is 2.76. The molecule has 1 aromatic carbocycles. The summed E-state index contributed by atoms with van der Waals surface area (Å²) in [6.45, 7) is 0. The topological polar surface area (TPSA) is 80.0 Å². The Hall–Kier alpha value is -2.32. The fraction of sp³-hybridized carbons (Fsp3) is 0. The molecular formula is C12H8ClF3N4O. The Labute approximate surface area is 121 Å². The van der Waals surface area contributed by atoms with Crippen LogP contribution >= 0.6 is 11.6 Å². The summed E-state index contributed by atoms with van der Waals surface area (Å²) in [7, 11) is 0. The van der Waals surface area contributed by atoms with Gasteiger partial charge in [-0.1, -0.05) is 11.6 Å². The molecule has 0 aliphatic carbocycles. The maximum absolute atomic E-state index is 13.5. The quantitative estimate of drug-likeness (QED) is 0.462. The van der Waals surface area contributed by atoms with Gasteiger partial charge < -0.3 is 10.7 Å². The number of hydrazine groups is 1. The lowest BCUT2D eigenvalue weighted by Gasteiger charge is -2.09. The van der Waals surface area contributed by atoms with Crippen molar-refractivity contribution < 1.29 is 18.0 Å². The summed E-state index contributed by atoms with van der Waals surface area (Å²) >= 11 is 5.78. The molecule has 0 unspecified atom stereocenters. The molecule has 1 heterocycles. The van der Waals surface area contributed by atoms with Crippen molar-refractivity contribution in [1.29, 1.82) is 0 Å². The summed E-state index contributed by atoms with van der Waals surface area (Å²) in [5, 5.41) is 1.95. The molecule has 1 aromatic heterocycles. The zero-order chi connectivity index (χ0) is 15.6. The van der Waals surface area contributed by atoms with Crippen molar-refractivity contribution >= 4 is 29.0 Å². The van der Waals surface area contributed by atoms with Gasteiger partial charge in [0.05, 0.1) is 10.7 Å². The molecule has 110 valence electrons. The largest absolute Gasteiger partial charge is 0.318 e. The summed E-state index contributed by atoms with van der Waals surface area (Å²) < 4.78 is 39.6. The van der Waals surface area contributed by atoms with Gasteiger partial charge in [-0.2, -0.15) is 0 Å². The van der Waals surface area contributed by atoms with Gasteiger partial charge in [-0.25, -0.2) is 24.0 Å². The number of carbonyl (C=O) groups excluding carboxylic acids is 1. The summed E-state index contributed by atoms with van der Waals surface area (Å²) in [4.78, 5) is 15.7. The van der Waals surface area contributed by atoms with Gasteiger partial charge in [0.2, 0.25) is 0 Å². The Morgan fingerprint density at radius 2 is 1.95 bits per heavy atom. The summed E-state index contributed by atoms with van der Waals surface area (Å²) in [6.07, 6.45) is 0. The first-order valence-electron chi connectivity index (χ1n) is 5.51. The van der Waals surface area contributed by atoms with E-state index in [-0.39, 0.29) is 16.5 Å². The van der Waals surface area contributed by atoms with Crippen LogP contribution in [-0.2, 0) is 0 Å². The zero-order valence-electron chi connectivity index (χ0n) is 10.3. The van der Waals surface area contributed by atoms with E-state index in [9.17, 15) is 18.0 Å². The van der Waals surface area contributed by atoms with E-state index in [0.717, 1.165) is 0 Å². The minimum atomic E-state index is -1.43. The lowest BCUT2D eigenvalue weighted by Crippen LogP contribution is -2.18. The van der Waals surface area contributed by atoms with Crippen LogP contribution in [0.2, 0.25) is 5.02 Å². The van der Waals surface area contributed by atoms with Crippen LogP contribution in [0.15, 0.2) is 24.3 Å². The molecule has 5 nitrogen and oxygen atoms in total. The highest BCUT2D eigenvalue weighted by molar-refractivity contribution is 6.34. The molecule has 0 fully saturated rings. The van der Waals surface area contributed by atoms with Crippen molar-refractivity contribution in [2.45, 2.75) is 0 Å². The number of nitrogens with zero attached hydrogens (tertiary/aromatic N) is 1. The van der Waals surface area contributed by atoms with E-state index in [4.69, 9.17) is 17.4 Å². The fourth-order valence-corrected chi connectivity index (χ4v) is 1.70. The number of pyridine rings is 1. The smallest absolute Gasteiger partial charge is 0.275 e. The maximum atomic E-state index is 13.5. The van der Waals surface area contributed by atoms with E-state index in [1.807, 2.05) is 5.32 Å². The number of nitrogens with one attached hydrogen (secondary N) is 2. The molecule has 2 rings (SSSR count). The van der Waals surface area contributed by atoms with Crippen molar-refractivity contribution in [3.8, 4) is 0 Å². The Morgan fingerprint density at radius 3 is 2.62 bits per heavy atom. The van der Waals surface area contributed by atoms with Gasteiger partial charge in [0.1, 0.15) is 17.3 Å². The highest BCUT2D eigenvalue weighted by Crippen LogP contribution is 2.22. The van der Waals surface area contributed by atoms with Crippen LogP contribution in [0.1, 0.15) is 10.5 Å². The molecule has 1 amide bonds. The third kappa shape index (κ3) is 3.23. The number of benzene rings is 1. The number of carbonyl (C=O) groups is 1. The number of nitrogen functional groups attached to an aromatic ring is 1. The monoisotopic (exact) mass is 316 g/mol. The molecule has 0 saturated carbocycles.